The van der Waals surface area contributed by atoms with Crippen molar-refractivity contribution in [2.45, 2.75) is 45.6 Å². The van der Waals surface area contributed by atoms with E-state index in [1.807, 2.05) is 30.9 Å². The molecule has 0 radical (unpaired) electrons. The van der Waals surface area contributed by atoms with E-state index in [-0.39, 0.29) is 0 Å². The number of aliphatic imine (C=N–C) groups is 1. The molecule has 1 heterocycles. The van der Waals surface area contributed by atoms with Crippen LogP contribution in [0.15, 0.2) is 48.0 Å². The molecule has 0 amide bonds. The largest absolute Gasteiger partial charge is 0.494 e. The summed E-state index contributed by atoms with van der Waals surface area (Å²) in [4.78, 5) is 8.49. The lowest BCUT2D eigenvalue weighted by Gasteiger charge is -2.05. The molecule has 0 spiro atoms. The maximum absolute atomic E-state index is 5.74. The molecule has 0 aliphatic rings. The van der Waals surface area contributed by atoms with Crippen LogP contribution in [0.5, 0.6) is 5.75 Å². The molecular weight excluding hydrogens is 286 g/mol. The number of aromatic nitrogens is 2. The highest BCUT2D eigenvalue weighted by Crippen LogP contribution is 2.12. The topological polar surface area (TPSA) is 39.4 Å². The Balaban J connectivity index is 1.62. The van der Waals surface area contributed by atoms with E-state index in [1.54, 1.807) is 6.20 Å². The lowest BCUT2D eigenvalue weighted by Crippen LogP contribution is -1.97. The average molecular weight is 313 g/mol. The van der Waals surface area contributed by atoms with Gasteiger partial charge in [0.25, 0.3) is 0 Å². The second kappa shape index (κ2) is 10.6. The Morgan fingerprint density at radius 1 is 1.13 bits per heavy atom. The SMILES string of the molecule is CCCCCCOc1ccc(C=NCCCn2ccnc2)cc1. The standard InChI is InChI=1S/C19H27N3O/c1-2-3-4-5-15-23-19-9-7-18(8-10-19)16-20-11-6-13-22-14-12-21-17-22/h7-10,12,14,16-17H,2-6,11,13,15H2,1H3. The minimum Gasteiger partial charge on any atom is -0.494 e. The number of aryl methyl sites for hydroxylation is 1. The molecule has 4 nitrogen and oxygen atoms in total. The summed E-state index contributed by atoms with van der Waals surface area (Å²) < 4.78 is 7.81. The number of rotatable bonds is 11. The van der Waals surface area contributed by atoms with Gasteiger partial charge in [-0.25, -0.2) is 4.98 Å². The number of nitrogens with zero attached hydrogens (tertiary/aromatic N) is 3. The fraction of sp³-hybridized carbons (Fsp3) is 0.474. The molecule has 0 aliphatic carbocycles. The maximum Gasteiger partial charge on any atom is 0.119 e. The Morgan fingerprint density at radius 2 is 2.00 bits per heavy atom. The van der Waals surface area contributed by atoms with Crippen molar-refractivity contribution in [2.75, 3.05) is 13.2 Å². The van der Waals surface area contributed by atoms with Crippen LogP contribution in [-0.2, 0) is 6.54 Å². The summed E-state index contributed by atoms with van der Waals surface area (Å²) >= 11 is 0. The Hall–Kier alpha value is -2.10. The van der Waals surface area contributed by atoms with E-state index < -0.39 is 0 Å². The van der Waals surface area contributed by atoms with Gasteiger partial charge in [-0.1, -0.05) is 26.2 Å². The van der Waals surface area contributed by atoms with Crippen LogP contribution >= 0.6 is 0 Å². The Kier molecular flexibility index (Phi) is 7.95. The van der Waals surface area contributed by atoms with Gasteiger partial charge in [0.05, 0.1) is 12.9 Å². The summed E-state index contributed by atoms with van der Waals surface area (Å²) in [5.41, 5.74) is 1.12. The second-order valence-corrected chi connectivity index (χ2v) is 5.67. The van der Waals surface area contributed by atoms with Gasteiger partial charge in [0, 0.05) is 31.7 Å². The van der Waals surface area contributed by atoms with Crippen molar-refractivity contribution in [3.63, 3.8) is 0 Å². The molecule has 2 rings (SSSR count). The number of imidazole rings is 1. The molecule has 0 bridgehead atoms. The first-order valence-electron chi connectivity index (χ1n) is 8.57. The minimum atomic E-state index is 0.807. The van der Waals surface area contributed by atoms with E-state index in [0.29, 0.717) is 0 Å². The summed E-state index contributed by atoms with van der Waals surface area (Å²) in [5.74, 6) is 0.943. The van der Waals surface area contributed by atoms with Gasteiger partial charge in [-0.3, -0.25) is 4.99 Å². The van der Waals surface area contributed by atoms with Crippen LogP contribution in [0.4, 0.5) is 0 Å². The third-order valence-electron chi connectivity index (χ3n) is 3.65. The van der Waals surface area contributed by atoms with E-state index in [4.69, 9.17) is 4.74 Å². The lowest BCUT2D eigenvalue weighted by atomic mass is 10.2. The van der Waals surface area contributed by atoms with Crippen LogP contribution in [0, 0.1) is 0 Å². The first kappa shape index (κ1) is 17.3. The highest BCUT2D eigenvalue weighted by Gasteiger charge is 1.95. The zero-order valence-electron chi connectivity index (χ0n) is 14.0. The van der Waals surface area contributed by atoms with E-state index in [0.717, 1.165) is 43.9 Å². The first-order valence-corrected chi connectivity index (χ1v) is 8.57. The van der Waals surface area contributed by atoms with Gasteiger partial charge < -0.3 is 9.30 Å². The molecular formula is C19H27N3O. The van der Waals surface area contributed by atoms with Gasteiger partial charge in [-0.15, -0.1) is 0 Å². The number of unbranched alkanes of at least 4 members (excludes halogenated alkanes) is 3. The summed E-state index contributed by atoms with van der Waals surface area (Å²) in [7, 11) is 0. The summed E-state index contributed by atoms with van der Waals surface area (Å²) in [5, 5.41) is 0. The zero-order chi connectivity index (χ0) is 16.2. The van der Waals surface area contributed by atoms with Crippen molar-refractivity contribution in [3.05, 3.63) is 48.5 Å². The minimum absolute atomic E-state index is 0.807. The highest BCUT2D eigenvalue weighted by molar-refractivity contribution is 5.79. The van der Waals surface area contributed by atoms with Crippen LogP contribution in [0.1, 0.15) is 44.6 Å². The monoisotopic (exact) mass is 313 g/mol. The smallest absolute Gasteiger partial charge is 0.119 e. The van der Waals surface area contributed by atoms with E-state index >= 15 is 0 Å². The van der Waals surface area contributed by atoms with Crippen LogP contribution in [0.25, 0.3) is 0 Å². The molecule has 1 aromatic carbocycles. The van der Waals surface area contributed by atoms with Crippen LogP contribution in [-0.4, -0.2) is 28.9 Å². The zero-order valence-corrected chi connectivity index (χ0v) is 14.0. The molecule has 0 unspecified atom stereocenters. The van der Waals surface area contributed by atoms with Crippen molar-refractivity contribution in [1.29, 1.82) is 0 Å². The van der Waals surface area contributed by atoms with Gasteiger partial charge >= 0.3 is 0 Å². The summed E-state index contributed by atoms with van der Waals surface area (Å²) in [6.45, 7) is 4.82. The Labute approximate surface area is 139 Å². The summed E-state index contributed by atoms with van der Waals surface area (Å²) in [6, 6.07) is 8.15. The van der Waals surface area contributed by atoms with E-state index in [2.05, 4.69) is 33.6 Å². The molecule has 0 fully saturated rings. The van der Waals surface area contributed by atoms with Gasteiger partial charge in [-0.2, -0.15) is 0 Å². The van der Waals surface area contributed by atoms with Crippen molar-refractivity contribution >= 4 is 6.21 Å². The quantitative estimate of drug-likeness (QED) is 0.457. The van der Waals surface area contributed by atoms with Crippen molar-refractivity contribution in [2.24, 2.45) is 4.99 Å². The fourth-order valence-corrected chi connectivity index (χ4v) is 2.30. The fourth-order valence-electron chi connectivity index (χ4n) is 2.30. The predicted molar refractivity (Wildman–Crippen MR) is 95.4 cm³/mol. The third-order valence-corrected chi connectivity index (χ3v) is 3.65. The van der Waals surface area contributed by atoms with Crippen molar-refractivity contribution in [3.8, 4) is 5.75 Å². The second-order valence-electron chi connectivity index (χ2n) is 5.67. The highest BCUT2D eigenvalue weighted by atomic mass is 16.5. The molecule has 4 heteroatoms. The van der Waals surface area contributed by atoms with Gasteiger partial charge in [0.2, 0.25) is 0 Å². The molecule has 23 heavy (non-hydrogen) atoms. The predicted octanol–water partition coefficient (Wildman–Crippen LogP) is 4.35. The lowest BCUT2D eigenvalue weighted by molar-refractivity contribution is 0.305. The molecule has 1 aromatic heterocycles. The van der Waals surface area contributed by atoms with Crippen LogP contribution in [0.3, 0.4) is 0 Å². The van der Waals surface area contributed by atoms with E-state index in [1.165, 1.54) is 19.3 Å². The number of ether oxygens (including phenoxy) is 1. The van der Waals surface area contributed by atoms with Crippen LogP contribution < -0.4 is 4.74 Å². The number of hydrogen-bond acceptors (Lipinski definition) is 3. The summed E-state index contributed by atoms with van der Waals surface area (Å²) in [6.07, 6.45) is 13.5. The molecule has 0 saturated carbocycles. The van der Waals surface area contributed by atoms with Gasteiger partial charge in [0.15, 0.2) is 0 Å². The Bertz CT molecular complexity index is 547. The molecule has 0 aliphatic heterocycles. The van der Waals surface area contributed by atoms with Gasteiger partial charge in [-0.05, 0) is 42.7 Å². The molecule has 0 atom stereocenters. The first-order chi connectivity index (χ1) is 11.4. The molecule has 2 aromatic rings. The molecule has 124 valence electrons. The average Bonchev–Trinajstić information content (AvgIpc) is 3.09. The number of benzene rings is 1. The van der Waals surface area contributed by atoms with Crippen molar-refractivity contribution in [1.82, 2.24) is 9.55 Å². The maximum atomic E-state index is 5.74. The Morgan fingerprint density at radius 3 is 2.74 bits per heavy atom. The van der Waals surface area contributed by atoms with Gasteiger partial charge in [0.1, 0.15) is 5.75 Å². The van der Waals surface area contributed by atoms with Crippen LogP contribution in [0.2, 0.25) is 0 Å². The normalized spacial score (nSPS) is 11.2. The van der Waals surface area contributed by atoms with Crippen molar-refractivity contribution < 1.29 is 4.74 Å². The van der Waals surface area contributed by atoms with E-state index in [9.17, 15) is 0 Å². The molecule has 0 saturated heterocycles. The number of hydrogen-bond donors (Lipinski definition) is 0. The molecule has 0 N–H and O–H groups in total. The third kappa shape index (κ3) is 7.13.